The van der Waals surface area contributed by atoms with Gasteiger partial charge >= 0.3 is 5.69 Å². The van der Waals surface area contributed by atoms with Crippen LogP contribution < -0.4 is 11.2 Å². The van der Waals surface area contributed by atoms with Crippen molar-refractivity contribution in [2.24, 2.45) is 0 Å². The Morgan fingerprint density at radius 1 is 1.22 bits per heavy atom. The molecule has 9 heteroatoms. The van der Waals surface area contributed by atoms with Gasteiger partial charge in [-0.1, -0.05) is 35.5 Å². The lowest BCUT2D eigenvalue weighted by Crippen LogP contribution is -2.38. The summed E-state index contributed by atoms with van der Waals surface area (Å²) in [4.78, 5) is 43.9. The summed E-state index contributed by atoms with van der Waals surface area (Å²) < 4.78 is 6.57. The zero-order chi connectivity index (χ0) is 18.8. The number of amides is 1. The van der Waals surface area contributed by atoms with E-state index in [1.54, 1.807) is 4.90 Å². The summed E-state index contributed by atoms with van der Waals surface area (Å²) in [7, 11) is 0. The zero-order valence-corrected chi connectivity index (χ0v) is 14.4. The van der Waals surface area contributed by atoms with Crippen molar-refractivity contribution in [1.29, 1.82) is 0 Å². The van der Waals surface area contributed by atoms with E-state index < -0.39 is 11.2 Å². The Hall–Kier alpha value is -3.49. The molecule has 4 rings (SSSR count). The molecule has 1 fully saturated rings. The van der Waals surface area contributed by atoms with Gasteiger partial charge in [-0.05, 0) is 12.8 Å². The highest BCUT2D eigenvalue weighted by Crippen LogP contribution is 2.32. The first-order valence-electron chi connectivity index (χ1n) is 8.60. The summed E-state index contributed by atoms with van der Waals surface area (Å²) in [5, 5.41) is 4.01. The molecule has 9 nitrogen and oxygen atoms in total. The Morgan fingerprint density at radius 2 is 2.04 bits per heavy atom. The van der Waals surface area contributed by atoms with Gasteiger partial charge in [-0.25, -0.2) is 4.79 Å². The fourth-order valence-electron chi connectivity index (χ4n) is 3.20. The Bertz CT molecular complexity index is 1070. The number of hydrogen-bond donors (Lipinski definition) is 1. The molecule has 1 N–H and O–H groups in total. The fraction of sp³-hybridized carbons (Fsp3) is 0.278. The molecule has 0 aliphatic carbocycles. The van der Waals surface area contributed by atoms with Crippen LogP contribution in [-0.4, -0.2) is 37.0 Å². The number of nitrogens with zero attached hydrogens (tertiary/aromatic N) is 4. The number of rotatable bonds is 4. The minimum atomic E-state index is -0.615. The molecule has 0 radical (unpaired) electrons. The van der Waals surface area contributed by atoms with Gasteiger partial charge < -0.3 is 9.42 Å². The molecule has 27 heavy (non-hydrogen) atoms. The third-order valence-electron chi connectivity index (χ3n) is 4.53. The minimum Gasteiger partial charge on any atom is -0.337 e. The van der Waals surface area contributed by atoms with Crippen molar-refractivity contribution in [2.45, 2.75) is 25.4 Å². The monoisotopic (exact) mass is 367 g/mol. The molecule has 0 saturated carbocycles. The van der Waals surface area contributed by atoms with E-state index in [2.05, 4.69) is 15.1 Å². The molecule has 1 saturated heterocycles. The van der Waals surface area contributed by atoms with Crippen LogP contribution in [0, 0.1) is 0 Å². The molecular weight excluding hydrogens is 350 g/mol. The normalized spacial score (nSPS) is 16.6. The van der Waals surface area contributed by atoms with Gasteiger partial charge in [0.25, 0.3) is 5.56 Å². The summed E-state index contributed by atoms with van der Waals surface area (Å²) in [6.07, 6.45) is 2.83. The van der Waals surface area contributed by atoms with Crippen LogP contribution in [0.1, 0.15) is 24.8 Å². The fourth-order valence-corrected chi connectivity index (χ4v) is 3.20. The van der Waals surface area contributed by atoms with Gasteiger partial charge in [0.2, 0.25) is 17.6 Å². The minimum absolute atomic E-state index is 0.161. The van der Waals surface area contributed by atoms with Gasteiger partial charge in [0.1, 0.15) is 12.6 Å². The maximum Gasteiger partial charge on any atom is 0.328 e. The first kappa shape index (κ1) is 17.0. The highest BCUT2D eigenvalue weighted by Gasteiger charge is 2.34. The topological polar surface area (TPSA) is 114 Å². The van der Waals surface area contributed by atoms with E-state index in [-0.39, 0.29) is 18.5 Å². The maximum atomic E-state index is 12.7. The van der Waals surface area contributed by atoms with Gasteiger partial charge in [0, 0.05) is 24.4 Å². The van der Waals surface area contributed by atoms with Crippen molar-refractivity contribution >= 4 is 5.91 Å². The second kappa shape index (κ2) is 7.02. The Balaban J connectivity index is 1.54. The van der Waals surface area contributed by atoms with Crippen LogP contribution in [0.25, 0.3) is 11.4 Å². The highest BCUT2D eigenvalue weighted by atomic mass is 16.5. The average molecular weight is 367 g/mol. The molecular formula is C18H17N5O4. The molecule has 138 valence electrons. The lowest BCUT2D eigenvalue weighted by atomic mass is 10.2. The molecule has 3 heterocycles. The van der Waals surface area contributed by atoms with Crippen LogP contribution in [0.2, 0.25) is 0 Å². The number of likely N-dealkylation sites (tertiary alicyclic amines) is 1. The number of carbonyl (C=O) groups excluding carboxylic acids is 1. The molecule has 3 aromatic rings. The van der Waals surface area contributed by atoms with E-state index in [4.69, 9.17) is 4.52 Å². The predicted octanol–water partition coefficient (Wildman–Crippen LogP) is 0.950. The molecule has 1 aliphatic rings. The first-order chi connectivity index (χ1) is 13.1. The lowest BCUT2D eigenvalue weighted by Gasteiger charge is -2.22. The number of carbonyl (C=O) groups is 1. The molecule has 0 bridgehead atoms. The molecule has 1 unspecified atom stereocenters. The molecule has 2 aromatic heterocycles. The number of aromatic amines is 1. The first-order valence-corrected chi connectivity index (χ1v) is 8.60. The van der Waals surface area contributed by atoms with E-state index in [0.717, 1.165) is 12.0 Å². The van der Waals surface area contributed by atoms with Crippen molar-refractivity contribution in [3.05, 3.63) is 69.3 Å². The molecule has 0 spiro atoms. The van der Waals surface area contributed by atoms with E-state index >= 15 is 0 Å². The van der Waals surface area contributed by atoms with Crippen LogP contribution in [0.4, 0.5) is 0 Å². The van der Waals surface area contributed by atoms with Crippen LogP contribution in [0.5, 0.6) is 0 Å². The van der Waals surface area contributed by atoms with Crippen molar-refractivity contribution in [2.75, 3.05) is 6.54 Å². The molecule has 1 amide bonds. The third kappa shape index (κ3) is 3.43. The van der Waals surface area contributed by atoms with Crippen molar-refractivity contribution < 1.29 is 9.32 Å². The van der Waals surface area contributed by atoms with Crippen LogP contribution in [0.3, 0.4) is 0 Å². The summed E-state index contributed by atoms with van der Waals surface area (Å²) in [6.45, 7) is 0.385. The number of nitrogens with one attached hydrogen (secondary N) is 1. The molecule has 1 atom stereocenters. The number of H-pyrrole nitrogens is 1. The second-order valence-corrected chi connectivity index (χ2v) is 6.31. The van der Waals surface area contributed by atoms with E-state index in [9.17, 15) is 14.4 Å². The van der Waals surface area contributed by atoms with E-state index in [1.807, 2.05) is 30.3 Å². The van der Waals surface area contributed by atoms with Gasteiger partial charge in [-0.2, -0.15) is 4.98 Å². The molecule has 1 aliphatic heterocycles. The van der Waals surface area contributed by atoms with Gasteiger partial charge in [-0.15, -0.1) is 0 Å². The Morgan fingerprint density at radius 3 is 2.81 bits per heavy atom. The Labute approximate surface area is 153 Å². The van der Waals surface area contributed by atoms with Gasteiger partial charge in [-0.3, -0.25) is 19.1 Å². The van der Waals surface area contributed by atoms with Crippen LogP contribution in [-0.2, 0) is 11.3 Å². The number of benzene rings is 1. The van der Waals surface area contributed by atoms with Crippen LogP contribution >= 0.6 is 0 Å². The average Bonchev–Trinajstić information content (AvgIpc) is 3.33. The number of aromatic nitrogens is 4. The Kier molecular flexibility index (Phi) is 4.41. The lowest BCUT2D eigenvalue weighted by molar-refractivity contribution is -0.133. The van der Waals surface area contributed by atoms with Crippen molar-refractivity contribution in [3.63, 3.8) is 0 Å². The zero-order valence-electron chi connectivity index (χ0n) is 14.4. The maximum absolute atomic E-state index is 12.7. The number of hydrogen-bond acceptors (Lipinski definition) is 6. The largest absolute Gasteiger partial charge is 0.337 e. The smallest absolute Gasteiger partial charge is 0.328 e. The van der Waals surface area contributed by atoms with Crippen molar-refractivity contribution in [1.82, 2.24) is 24.6 Å². The predicted molar refractivity (Wildman–Crippen MR) is 94.7 cm³/mol. The summed E-state index contributed by atoms with van der Waals surface area (Å²) >= 11 is 0. The van der Waals surface area contributed by atoms with Crippen LogP contribution in [0.15, 0.2) is 56.7 Å². The van der Waals surface area contributed by atoms with E-state index in [0.29, 0.717) is 24.7 Å². The van der Waals surface area contributed by atoms with Crippen molar-refractivity contribution in [3.8, 4) is 11.4 Å². The SMILES string of the molecule is O=C(Cn1ccc(=O)[nH]c1=O)N1CCCC1c1nc(-c2ccccc2)no1. The standard InChI is InChI=1S/C18H17N5O4/c24-14-8-10-22(18(26)19-14)11-15(25)23-9-4-7-13(23)17-20-16(21-27-17)12-5-2-1-3-6-12/h1-3,5-6,8,10,13H,4,7,9,11H2,(H,19,24,26). The quantitative estimate of drug-likeness (QED) is 0.734. The second-order valence-electron chi connectivity index (χ2n) is 6.31. The summed E-state index contributed by atoms with van der Waals surface area (Å²) in [5.41, 5.74) is -0.277. The van der Waals surface area contributed by atoms with E-state index in [1.165, 1.54) is 16.8 Å². The summed E-state index contributed by atoms with van der Waals surface area (Å²) in [5.74, 6) is 0.612. The van der Waals surface area contributed by atoms with Gasteiger partial charge in [0.15, 0.2) is 0 Å². The third-order valence-corrected chi connectivity index (χ3v) is 4.53. The van der Waals surface area contributed by atoms with Gasteiger partial charge in [0.05, 0.1) is 0 Å². The highest BCUT2D eigenvalue weighted by molar-refractivity contribution is 5.76. The summed E-state index contributed by atoms with van der Waals surface area (Å²) in [6, 6.07) is 10.3. The molecule has 1 aromatic carbocycles.